The van der Waals surface area contributed by atoms with Gasteiger partial charge < -0.3 is 10.0 Å². The molecule has 1 aromatic carbocycles. The summed E-state index contributed by atoms with van der Waals surface area (Å²) in [7, 11) is -3.33. The number of benzene rings is 1. The molecule has 10 nitrogen and oxygen atoms in total. The minimum Gasteiger partial charge on any atom is -0.396 e. The first-order chi connectivity index (χ1) is 20.7. The van der Waals surface area contributed by atoms with Gasteiger partial charge in [-0.15, -0.1) is 9.89 Å². The Morgan fingerprint density at radius 1 is 1.09 bits per heavy atom. The number of fused-ring (bicyclic) bond motifs is 2. The van der Waals surface area contributed by atoms with Gasteiger partial charge in [0.1, 0.15) is 5.71 Å². The summed E-state index contributed by atoms with van der Waals surface area (Å²) in [6.45, 7) is 18.6. The molecule has 0 amide bonds. The van der Waals surface area contributed by atoms with Gasteiger partial charge in [0.15, 0.2) is 5.82 Å². The molecule has 0 saturated carbocycles. The van der Waals surface area contributed by atoms with Crippen LogP contribution in [0.15, 0.2) is 22.2 Å². The van der Waals surface area contributed by atoms with Crippen molar-refractivity contribution in [1.29, 1.82) is 0 Å². The van der Waals surface area contributed by atoms with Crippen molar-refractivity contribution in [3.63, 3.8) is 0 Å². The van der Waals surface area contributed by atoms with Gasteiger partial charge in [-0.1, -0.05) is 73.6 Å². The molecule has 1 unspecified atom stereocenters. The van der Waals surface area contributed by atoms with Gasteiger partial charge in [0, 0.05) is 48.7 Å². The molecule has 0 aliphatic carbocycles. The van der Waals surface area contributed by atoms with Gasteiger partial charge >= 0.3 is 0 Å². The third kappa shape index (κ3) is 7.59. The standard InChI is InChI=1S/C33H53N7O3S/c1-9-10-11-12-13-14-20-44(42,43)34-17-16-28-36-31-29(30(32(4,5)6)38-40(31)37-28)35-26-22-25-27(21-23(26)2)39(18-15-19-41)24(3)33(25,7)8/h21-22,24,34,41H,9-20H2,1-8H3. The normalized spacial score (nSPS) is 18.7. The first-order valence-electron chi connectivity index (χ1n) is 16.3. The predicted octanol–water partition coefficient (Wildman–Crippen LogP) is 5.66. The number of rotatable bonds is 15. The number of aromatic nitrogens is 3. The second-order valence-electron chi connectivity index (χ2n) is 14.0. The van der Waals surface area contributed by atoms with E-state index in [1.54, 1.807) is 4.79 Å². The van der Waals surface area contributed by atoms with Crippen LogP contribution in [0, 0.1) is 12.3 Å². The smallest absolute Gasteiger partial charge is 0.211 e. The van der Waals surface area contributed by atoms with Crippen LogP contribution in [0.25, 0.3) is 0 Å². The Bertz CT molecular complexity index is 1490. The second kappa shape index (κ2) is 13.8. The van der Waals surface area contributed by atoms with Gasteiger partial charge in [-0.05, 0) is 49.9 Å². The summed E-state index contributed by atoms with van der Waals surface area (Å²) in [6, 6.07) is 4.71. The molecule has 1 aromatic heterocycles. The molecular formula is C33H53N7O3S. The molecular weight excluding hydrogens is 574 g/mol. The number of hydrogen-bond donors (Lipinski definition) is 2. The lowest BCUT2D eigenvalue weighted by Crippen LogP contribution is -2.39. The first kappa shape index (κ1) is 34.2. The number of aliphatic hydroxyl groups is 1. The van der Waals surface area contributed by atoms with Crippen LogP contribution in [0.5, 0.6) is 0 Å². The van der Waals surface area contributed by atoms with E-state index in [4.69, 9.17) is 15.1 Å². The molecule has 2 aromatic rings. The molecule has 0 fully saturated rings. The van der Waals surface area contributed by atoms with Crippen molar-refractivity contribution in [2.75, 3.05) is 30.3 Å². The fraction of sp³-hybridized carbons (Fsp3) is 0.697. The SMILES string of the molecule is CCCCCCCCS(=O)(=O)NCCc1nc2n(n1)N=C(C(C)(C)C)C2=Nc1cc2c(cc1C)N(CCCO)C(C)C2(C)C. The summed E-state index contributed by atoms with van der Waals surface area (Å²) >= 11 is 0. The zero-order chi connectivity index (χ0) is 32.3. The van der Waals surface area contributed by atoms with E-state index in [0.717, 1.165) is 42.8 Å². The van der Waals surface area contributed by atoms with E-state index in [-0.39, 0.29) is 29.7 Å². The van der Waals surface area contributed by atoms with Crippen LogP contribution in [-0.2, 0) is 21.9 Å². The minimum absolute atomic E-state index is 0.0837. The summed E-state index contributed by atoms with van der Waals surface area (Å²) in [5.41, 5.74) is 5.53. The number of aliphatic imine (C=N–C) groups is 1. The fourth-order valence-electron chi connectivity index (χ4n) is 6.04. The van der Waals surface area contributed by atoms with Crippen molar-refractivity contribution in [3.8, 4) is 0 Å². The molecule has 0 spiro atoms. The number of nitrogens with zero attached hydrogens (tertiary/aromatic N) is 6. The summed E-state index contributed by atoms with van der Waals surface area (Å²) in [5.74, 6) is 1.26. The Morgan fingerprint density at radius 2 is 1.80 bits per heavy atom. The van der Waals surface area contributed by atoms with Gasteiger partial charge in [-0.3, -0.25) is 0 Å². The van der Waals surface area contributed by atoms with E-state index < -0.39 is 10.0 Å². The average Bonchev–Trinajstić information content (AvgIpc) is 3.54. The van der Waals surface area contributed by atoms with Crippen LogP contribution in [0.1, 0.15) is 116 Å². The van der Waals surface area contributed by atoms with Crippen LogP contribution in [0.4, 0.5) is 11.4 Å². The van der Waals surface area contributed by atoms with Gasteiger partial charge in [-0.2, -0.15) is 5.10 Å². The summed E-state index contributed by atoms with van der Waals surface area (Å²) in [6.07, 6.45) is 7.35. The molecule has 2 aliphatic rings. The van der Waals surface area contributed by atoms with E-state index in [2.05, 4.69) is 82.2 Å². The number of unbranched alkanes of at least 4 members (excludes halogenated alkanes) is 5. The fourth-order valence-corrected chi connectivity index (χ4v) is 7.18. The highest BCUT2D eigenvalue weighted by atomic mass is 32.2. The van der Waals surface area contributed by atoms with Crippen LogP contribution in [0.2, 0.25) is 0 Å². The Hall–Kier alpha value is -2.63. The third-order valence-corrected chi connectivity index (χ3v) is 10.5. The quantitative estimate of drug-likeness (QED) is 0.246. The number of aryl methyl sites for hydroxylation is 1. The molecule has 1 atom stereocenters. The van der Waals surface area contributed by atoms with Gasteiger partial charge in [-0.25, -0.2) is 23.1 Å². The molecule has 2 N–H and O–H groups in total. The van der Waals surface area contributed by atoms with Crippen molar-refractivity contribution in [2.24, 2.45) is 15.5 Å². The largest absolute Gasteiger partial charge is 0.396 e. The average molecular weight is 628 g/mol. The summed E-state index contributed by atoms with van der Waals surface area (Å²) in [5, 5.41) is 18.9. The van der Waals surface area contributed by atoms with Gasteiger partial charge in [0.05, 0.1) is 17.2 Å². The molecule has 244 valence electrons. The Labute approximate surface area is 264 Å². The van der Waals surface area contributed by atoms with Crippen LogP contribution >= 0.6 is 0 Å². The predicted molar refractivity (Wildman–Crippen MR) is 180 cm³/mol. The van der Waals surface area contributed by atoms with Gasteiger partial charge in [0.2, 0.25) is 15.8 Å². The Kier molecular flexibility index (Phi) is 10.7. The van der Waals surface area contributed by atoms with Crippen molar-refractivity contribution >= 4 is 32.8 Å². The highest BCUT2D eigenvalue weighted by Crippen LogP contribution is 2.47. The van der Waals surface area contributed by atoms with E-state index in [1.807, 2.05) is 0 Å². The van der Waals surface area contributed by atoms with E-state index in [1.165, 1.54) is 30.5 Å². The lowest BCUT2D eigenvalue weighted by molar-refractivity contribution is 0.286. The zero-order valence-corrected chi connectivity index (χ0v) is 28.9. The molecule has 0 bridgehead atoms. The topological polar surface area (TPSA) is 125 Å². The monoisotopic (exact) mass is 627 g/mol. The maximum absolute atomic E-state index is 12.5. The highest BCUT2D eigenvalue weighted by molar-refractivity contribution is 7.89. The number of aliphatic hydroxyl groups excluding tert-OH is 1. The second-order valence-corrected chi connectivity index (χ2v) is 15.9. The maximum Gasteiger partial charge on any atom is 0.211 e. The molecule has 4 rings (SSSR count). The summed E-state index contributed by atoms with van der Waals surface area (Å²) < 4.78 is 27.7. The molecule has 0 radical (unpaired) electrons. The maximum atomic E-state index is 12.5. The summed E-state index contributed by atoms with van der Waals surface area (Å²) in [4.78, 5) is 13.9. The third-order valence-electron chi connectivity index (χ3n) is 9.03. The van der Waals surface area contributed by atoms with Crippen molar-refractivity contribution in [2.45, 2.75) is 118 Å². The lowest BCUT2D eigenvalue weighted by Gasteiger charge is -2.31. The number of anilines is 1. The number of sulfonamides is 1. The molecule has 2 aliphatic heterocycles. The first-order valence-corrected chi connectivity index (χ1v) is 18.0. The Morgan fingerprint density at radius 3 is 2.48 bits per heavy atom. The van der Waals surface area contributed by atoms with E-state index in [0.29, 0.717) is 36.2 Å². The molecule has 44 heavy (non-hydrogen) atoms. The van der Waals surface area contributed by atoms with Crippen LogP contribution in [0.3, 0.4) is 0 Å². The zero-order valence-electron chi connectivity index (χ0n) is 28.1. The number of hydrogen-bond acceptors (Lipinski definition) is 8. The van der Waals surface area contributed by atoms with Crippen molar-refractivity contribution in [3.05, 3.63) is 34.9 Å². The van der Waals surface area contributed by atoms with Crippen LogP contribution < -0.4 is 9.62 Å². The molecule has 0 saturated heterocycles. The van der Waals surface area contributed by atoms with Crippen molar-refractivity contribution < 1.29 is 13.5 Å². The number of nitrogens with one attached hydrogen (secondary N) is 1. The van der Waals surface area contributed by atoms with Crippen molar-refractivity contribution in [1.82, 2.24) is 19.6 Å². The van der Waals surface area contributed by atoms with E-state index >= 15 is 0 Å². The molecule has 11 heteroatoms. The Balaban J connectivity index is 1.54. The molecule has 3 heterocycles. The lowest BCUT2D eigenvalue weighted by atomic mass is 9.81. The van der Waals surface area contributed by atoms with E-state index in [9.17, 15) is 13.5 Å². The van der Waals surface area contributed by atoms with Gasteiger partial charge in [0.25, 0.3) is 0 Å². The highest BCUT2D eigenvalue weighted by Gasteiger charge is 2.42. The van der Waals surface area contributed by atoms with Crippen LogP contribution in [-0.4, -0.2) is 71.3 Å². The minimum atomic E-state index is -3.33.